The van der Waals surface area contributed by atoms with Gasteiger partial charge in [0.15, 0.2) is 48.5 Å². The van der Waals surface area contributed by atoms with E-state index in [0.29, 0.717) is 0 Å². The molecule has 0 bridgehead atoms. The van der Waals surface area contributed by atoms with Gasteiger partial charge in [-0.25, -0.2) is 0 Å². The summed E-state index contributed by atoms with van der Waals surface area (Å²) in [5, 5.41) is 143. The number of phenolic OH excluding ortho intramolecular Hbond substituents is 4. The van der Waals surface area contributed by atoms with E-state index in [4.69, 9.17) is 32.8 Å². The molecule has 3 aliphatic heterocycles. The Morgan fingerprint density at radius 3 is 1.87 bits per heavy atom. The highest BCUT2D eigenvalue weighted by molar-refractivity contribution is 5.88. The molecule has 292 valence electrons. The SMILES string of the molecule is O=c1c(O[C@@H]2O[C@H](CO[C@@H]3O[C@@H](O)[C@H](O)[C@@H](O)[C@H]3O)[C@@H](O)[C@H](O)[C@H]2O[C@@H]2O[C@@H](O)[C@H](O)[C@@H](O)[C@H]2O)c(-c2ccc(O)c(O)c2)oc2cc(O)cc(O)c12. The van der Waals surface area contributed by atoms with Crippen LogP contribution in [0.1, 0.15) is 0 Å². The zero-order valence-electron chi connectivity index (χ0n) is 26.8. The van der Waals surface area contributed by atoms with Crippen LogP contribution in [0.2, 0.25) is 0 Å². The molecule has 0 saturated carbocycles. The van der Waals surface area contributed by atoms with Crippen LogP contribution in [0.5, 0.6) is 28.7 Å². The van der Waals surface area contributed by atoms with E-state index in [2.05, 4.69) is 0 Å². The fourth-order valence-electron chi connectivity index (χ4n) is 5.88. The summed E-state index contributed by atoms with van der Waals surface area (Å²) in [6.45, 7) is -0.848. The number of hydrogen-bond acceptors (Lipinski definition) is 22. The minimum atomic E-state index is -2.17. The van der Waals surface area contributed by atoms with Crippen LogP contribution in [0.25, 0.3) is 22.3 Å². The van der Waals surface area contributed by atoms with Crippen molar-refractivity contribution in [3.63, 3.8) is 0 Å². The van der Waals surface area contributed by atoms with Crippen molar-refractivity contribution >= 4 is 11.0 Å². The van der Waals surface area contributed by atoms with Crippen molar-refractivity contribution in [2.45, 2.75) is 92.5 Å². The summed E-state index contributed by atoms with van der Waals surface area (Å²) in [6, 6.07) is 4.87. The van der Waals surface area contributed by atoms with E-state index in [0.717, 1.165) is 30.3 Å². The number of hydrogen-bond donors (Lipinski definition) is 14. The lowest BCUT2D eigenvalue weighted by atomic mass is 9.98. The van der Waals surface area contributed by atoms with Gasteiger partial charge in [0.05, 0.1) is 6.61 Å². The predicted molar refractivity (Wildman–Crippen MR) is 165 cm³/mol. The second kappa shape index (κ2) is 15.1. The van der Waals surface area contributed by atoms with E-state index in [1.165, 1.54) is 0 Å². The number of aromatic hydroxyl groups is 4. The topological polar surface area (TPSA) is 369 Å². The Morgan fingerprint density at radius 2 is 1.23 bits per heavy atom. The van der Waals surface area contributed by atoms with Gasteiger partial charge >= 0.3 is 0 Å². The standard InChI is InChI=1S/C31H36O22/c32-8-4-11(35)14-12(5-8)48-24(7-1-2-9(33)10(34)3-7)25(16(14)37)50-31-26(51-30-23(44)18(39)21(42)28(46)53-30)19(40)15(36)13(49-31)6-47-29-22(43)17(38)20(41)27(45)52-29/h1-5,13,15,17-23,26-36,38-46H,6H2/t13-,15-,17-,18-,19+,20-,21-,22-,23-,26-,27-,28-,29-,30-,31+/m1/s1. The van der Waals surface area contributed by atoms with Gasteiger partial charge in [-0.3, -0.25) is 4.79 Å². The monoisotopic (exact) mass is 760 g/mol. The van der Waals surface area contributed by atoms with Crippen molar-refractivity contribution < 1.29 is 104 Å². The molecule has 0 spiro atoms. The first-order valence-electron chi connectivity index (χ1n) is 15.7. The van der Waals surface area contributed by atoms with Gasteiger partial charge in [0, 0.05) is 17.7 Å². The lowest BCUT2D eigenvalue weighted by molar-refractivity contribution is -0.382. The van der Waals surface area contributed by atoms with Crippen LogP contribution in [-0.2, 0) is 23.7 Å². The van der Waals surface area contributed by atoms with E-state index in [1.54, 1.807) is 0 Å². The van der Waals surface area contributed by atoms with Crippen molar-refractivity contribution in [2.24, 2.45) is 0 Å². The number of aliphatic hydroxyl groups excluding tert-OH is 10. The predicted octanol–water partition coefficient (Wildman–Crippen LogP) is -4.98. The fraction of sp³-hybridized carbons (Fsp3) is 0.516. The molecule has 3 aliphatic rings. The van der Waals surface area contributed by atoms with Crippen LogP contribution in [-0.4, -0.2) is 171 Å². The Bertz CT molecular complexity index is 1830. The van der Waals surface area contributed by atoms with Gasteiger partial charge in [0.1, 0.15) is 77.4 Å². The molecule has 0 amide bonds. The van der Waals surface area contributed by atoms with E-state index in [-0.39, 0.29) is 5.56 Å². The van der Waals surface area contributed by atoms with Crippen LogP contribution in [0, 0.1) is 0 Å². The average molecular weight is 761 g/mol. The maximum atomic E-state index is 14.0. The first-order valence-corrected chi connectivity index (χ1v) is 15.7. The van der Waals surface area contributed by atoms with Gasteiger partial charge in [0.25, 0.3) is 0 Å². The molecule has 0 aliphatic carbocycles. The highest BCUT2D eigenvalue weighted by Gasteiger charge is 2.52. The van der Waals surface area contributed by atoms with Crippen molar-refractivity contribution in [3.05, 3.63) is 40.6 Å². The van der Waals surface area contributed by atoms with E-state index in [1.807, 2.05) is 0 Å². The smallest absolute Gasteiger partial charge is 0.239 e. The Kier molecular flexibility index (Phi) is 11.0. The fourth-order valence-corrected chi connectivity index (χ4v) is 5.88. The maximum Gasteiger partial charge on any atom is 0.239 e. The largest absolute Gasteiger partial charge is 0.508 e. The molecule has 14 N–H and O–H groups in total. The van der Waals surface area contributed by atoms with Crippen molar-refractivity contribution in [1.29, 1.82) is 0 Å². The zero-order chi connectivity index (χ0) is 38.6. The number of benzene rings is 2. The Labute approximate surface area is 295 Å². The third-order valence-electron chi connectivity index (χ3n) is 8.84. The van der Waals surface area contributed by atoms with Gasteiger partial charge < -0.3 is 104 Å². The Balaban J connectivity index is 1.40. The summed E-state index contributed by atoms with van der Waals surface area (Å²) in [6.07, 6.45) is -30.2. The molecule has 4 heterocycles. The molecule has 53 heavy (non-hydrogen) atoms. The first kappa shape index (κ1) is 38.8. The molecule has 1 aromatic heterocycles. The maximum absolute atomic E-state index is 14.0. The van der Waals surface area contributed by atoms with Gasteiger partial charge in [-0.05, 0) is 18.2 Å². The van der Waals surface area contributed by atoms with Crippen LogP contribution in [0.3, 0.4) is 0 Å². The molecular formula is C31H36O22. The molecular weight excluding hydrogens is 724 g/mol. The van der Waals surface area contributed by atoms with Crippen LogP contribution >= 0.6 is 0 Å². The molecule has 3 aromatic rings. The summed E-state index contributed by atoms with van der Waals surface area (Å²) in [4.78, 5) is 14.0. The van der Waals surface area contributed by atoms with Crippen LogP contribution in [0.4, 0.5) is 0 Å². The molecule has 22 nitrogen and oxygen atoms in total. The molecule has 3 saturated heterocycles. The molecule has 6 rings (SSSR count). The van der Waals surface area contributed by atoms with Crippen molar-refractivity contribution in [2.75, 3.05) is 6.61 Å². The highest BCUT2D eigenvalue weighted by atomic mass is 16.8. The molecule has 22 heteroatoms. The second-order valence-corrected chi connectivity index (χ2v) is 12.4. The van der Waals surface area contributed by atoms with E-state index >= 15 is 0 Å². The minimum absolute atomic E-state index is 0.153. The second-order valence-electron chi connectivity index (χ2n) is 12.4. The quantitative estimate of drug-likeness (QED) is 0.0956. The molecule has 3 fully saturated rings. The number of fused-ring (bicyclic) bond motifs is 1. The third kappa shape index (κ3) is 7.31. The van der Waals surface area contributed by atoms with Gasteiger partial charge in [-0.1, -0.05) is 0 Å². The summed E-state index contributed by atoms with van der Waals surface area (Å²) >= 11 is 0. The lowest BCUT2D eigenvalue weighted by Gasteiger charge is -2.45. The van der Waals surface area contributed by atoms with Crippen LogP contribution < -0.4 is 10.2 Å². The Morgan fingerprint density at radius 1 is 0.604 bits per heavy atom. The van der Waals surface area contributed by atoms with Crippen molar-refractivity contribution in [3.8, 4) is 40.1 Å². The first-order chi connectivity index (χ1) is 25.0. The number of ether oxygens (including phenoxy) is 6. The average Bonchev–Trinajstić information content (AvgIpc) is 3.11. The lowest BCUT2D eigenvalue weighted by Crippen LogP contribution is -2.65. The zero-order valence-corrected chi connectivity index (χ0v) is 26.8. The Hall–Kier alpha value is -3.95. The summed E-state index contributed by atoms with van der Waals surface area (Å²) in [5.74, 6) is -3.99. The highest BCUT2D eigenvalue weighted by Crippen LogP contribution is 2.40. The summed E-state index contributed by atoms with van der Waals surface area (Å²) < 4.78 is 38.5. The van der Waals surface area contributed by atoms with Crippen molar-refractivity contribution in [1.82, 2.24) is 0 Å². The third-order valence-corrected chi connectivity index (χ3v) is 8.84. The van der Waals surface area contributed by atoms with E-state index in [9.17, 15) is 76.3 Å². The van der Waals surface area contributed by atoms with E-state index < -0.39 is 150 Å². The van der Waals surface area contributed by atoms with Crippen LogP contribution in [0.15, 0.2) is 39.5 Å². The normalized spacial score (nSPS) is 37.8. The summed E-state index contributed by atoms with van der Waals surface area (Å²) in [5.41, 5.74) is -1.72. The number of phenols is 4. The van der Waals surface area contributed by atoms with Gasteiger partial charge in [-0.2, -0.15) is 0 Å². The molecule has 15 atom stereocenters. The number of aliphatic hydroxyl groups is 10. The van der Waals surface area contributed by atoms with Gasteiger partial charge in [0.2, 0.25) is 17.5 Å². The minimum Gasteiger partial charge on any atom is -0.508 e. The molecule has 0 unspecified atom stereocenters. The van der Waals surface area contributed by atoms with Gasteiger partial charge in [-0.15, -0.1) is 0 Å². The number of rotatable bonds is 8. The summed E-state index contributed by atoms with van der Waals surface area (Å²) in [7, 11) is 0. The molecule has 0 radical (unpaired) electrons. The molecule has 2 aromatic carbocycles.